The third-order valence-electron chi connectivity index (χ3n) is 4.40. The second kappa shape index (κ2) is 8.39. The maximum absolute atomic E-state index is 12.8. The van der Waals surface area contributed by atoms with E-state index in [0.29, 0.717) is 36.9 Å². The molecule has 0 unspecified atom stereocenters. The molecule has 1 aliphatic heterocycles. The van der Waals surface area contributed by atoms with Crippen molar-refractivity contribution in [2.45, 2.75) is 11.8 Å². The minimum absolute atomic E-state index is 0.0439. The number of ketones is 1. The molecule has 27 heavy (non-hydrogen) atoms. The molecule has 0 bridgehead atoms. The van der Waals surface area contributed by atoms with Crippen molar-refractivity contribution in [1.29, 1.82) is 0 Å². The molecule has 3 rings (SSSR count). The SMILES string of the molecule is Cc1ccc(Cl)cc1NCC(=O)c1cccc(S(=O)(=O)N2CCOCC2)c1. The van der Waals surface area contributed by atoms with E-state index in [2.05, 4.69) is 5.32 Å². The Balaban J connectivity index is 1.74. The second-order valence-corrected chi connectivity index (χ2v) is 8.65. The number of anilines is 1. The van der Waals surface area contributed by atoms with E-state index in [9.17, 15) is 13.2 Å². The lowest BCUT2D eigenvalue weighted by Gasteiger charge is -2.26. The standard InChI is InChI=1S/C19H21ClN2O4S/c1-14-5-6-16(20)12-18(14)21-13-19(23)15-3-2-4-17(11-15)27(24,25)22-7-9-26-10-8-22/h2-6,11-12,21H,7-10,13H2,1H3. The molecule has 0 spiro atoms. The average molecular weight is 409 g/mol. The summed E-state index contributed by atoms with van der Waals surface area (Å²) in [5, 5.41) is 3.64. The van der Waals surface area contributed by atoms with Gasteiger partial charge in [0.25, 0.3) is 0 Å². The average Bonchev–Trinajstić information content (AvgIpc) is 2.69. The Kier molecular flexibility index (Phi) is 6.16. The third-order valence-corrected chi connectivity index (χ3v) is 6.53. The van der Waals surface area contributed by atoms with Crippen LogP contribution in [-0.2, 0) is 14.8 Å². The summed E-state index contributed by atoms with van der Waals surface area (Å²) in [6, 6.07) is 11.5. The summed E-state index contributed by atoms with van der Waals surface area (Å²) >= 11 is 5.99. The van der Waals surface area contributed by atoms with E-state index in [1.165, 1.54) is 16.4 Å². The van der Waals surface area contributed by atoms with Gasteiger partial charge in [0.15, 0.2) is 5.78 Å². The fourth-order valence-corrected chi connectivity index (χ4v) is 4.45. The number of rotatable bonds is 6. The topological polar surface area (TPSA) is 75.7 Å². The highest BCUT2D eigenvalue weighted by molar-refractivity contribution is 7.89. The number of halogens is 1. The number of aryl methyl sites for hydroxylation is 1. The monoisotopic (exact) mass is 408 g/mol. The fraction of sp³-hybridized carbons (Fsp3) is 0.316. The van der Waals surface area contributed by atoms with Crippen molar-refractivity contribution in [2.24, 2.45) is 0 Å². The number of hydrogen-bond donors (Lipinski definition) is 1. The number of Topliss-reactive ketones (excluding diaryl/α,β-unsaturated/α-hetero) is 1. The van der Waals surface area contributed by atoms with Crippen LogP contribution in [0.4, 0.5) is 5.69 Å². The van der Waals surface area contributed by atoms with Crippen LogP contribution in [0.15, 0.2) is 47.4 Å². The predicted octanol–water partition coefficient (Wildman–Crippen LogP) is 2.96. The van der Waals surface area contributed by atoms with Gasteiger partial charge in [0.1, 0.15) is 0 Å². The van der Waals surface area contributed by atoms with E-state index in [4.69, 9.17) is 16.3 Å². The molecule has 1 fully saturated rings. The third kappa shape index (κ3) is 4.68. The molecule has 0 saturated carbocycles. The maximum atomic E-state index is 12.8. The van der Waals surface area contributed by atoms with E-state index in [-0.39, 0.29) is 17.2 Å². The second-order valence-electron chi connectivity index (χ2n) is 6.28. The molecule has 2 aromatic carbocycles. The van der Waals surface area contributed by atoms with Gasteiger partial charge in [0, 0.05) is 29.4 Å². The van der Waals surface area contributed by atoms with Gasteiger partial charge in [-0.05, 0) is 36.8 Å². The number of hydrogen-bond acceptors (Lipinski definition) is 5. The van der Waals surface area contributed by atoms with Crippen LogP contribution in [0.25, 0.3) is 0 Å². The van der Waals surface area contributed by atoms with Crippen LogP contribution in [0.3, 0.4) is 0 Å². The van der Waals surface area contributed by atoms with Crippen LogP contribution in [-0.4, -0.2) is 51.4 Å². The first-order chi connectivity index (χ1) is 12.9. The molecule has 144 valence electrons. The van der Waals surface area contributed by atoms with Crippen molar-refractivity contribution in [3.8, 4) is 0 Å². The molecular weight excluding hydrogens is 388 g/mol. The van der Waals surface area contributed by atoms with Crippen LogP contribution in [0.2, 0.25) is 5.02 Å². The van der Waals surface area contributed by atoms with E-state index in [0.717, 1.165) is 11.3 Å². The van der Waals surface area contributed by atoms with Crippen molar-refractivity contribution in [3.05, 3.63) is 58.6 Å². The Hall–Kier alpha value is -1.93. The summed E-state index contributed by atoms with van der Waals surface area (Å²) in [4.78, 5) is 12.7. The van der Waals surface area contributed by atoms with Gasteiger partial charge in [-0.15, -0.1) is 0 Å². The van der Waals surface area contributed by atoms with Gasteiger partial charge in [-0.1, -0.05) is 29.8 Å². The minimum Gasteiger partial charge on any atom is -0.379 e. The van der Waals surface area contributed by atoms with Gasteiger partial charge in [-0.2, -0.15) is 4.31 Å². The molecule has 8 heteroatoms. The number of sulfonamides is 1. The molecule has 6 nitrogen and oxygen atoms in total. The van der Waals surface area contributed by atoms with Crippen LogP contribution in [0.5, 0.6) is 0 Å². The molecule has 1 aliphatic rings. The number of benzene rings is 2. The normalized spacial score (nSPS) is 15.5. The Morgan fingerprint density at radius 1 is 1.19 bits per heavy atom. The molecule has 0 radical (unpaired) electrons. The lowest BCUT2D eigenvalue weighted by atomic mass is 10.1. The van der Waals surface area contributed by atoms with Crippen molar-refractivity contribution < 1.29 is 17.9 Å². The van der Waals surface area contributed by atoms with Crippen molar-refractivity contribution >= 4 is 33.1 Å². The zero-order valence-electron chi connectivity index (χ0n) is 14.9. The number of ether oxygens (including phenoxy) is 1. The van der Waals surface area contributed by atoms with Crippen molar-refractivity contribution in [2.75, 3.05) is 38.2 Å². The molecule has 0 aliphatic carbocycles. The summed E-state index contributed by atoms with van der Waals surface area (Å²) in [5.41, 5.74) is 2.08. The van der Waals surface area contributed by atoms with Gasteiger partial charge in [-0.3, -0.25) is 4.79 Å². The summed E-state index contributed by atoms with van der Waals surface area (Å²) in [7, 11) is -3.63. The number of carbonyl (C=O) groups excluding carboxylic acids is 1. The van der Waals surface area contributed by atoms with Gasteiger partial charge in [0.05, 0.1) is 24.7 Å². The Morgan fingerprint density at radius 3 is 2.67 bits per heavy atom. The van der Waals surface area contributed by atoms with E-state index in [1.54, 1.807) is 24.3 Å². The van der Waals surface area contributed by atoms with E-state index < -0.39 is 10.0 Å². The molecule has 1 saturated heterocycles. The first-order valence-corrected chi connectivity index (χ1v) is 10.4. The first-order valence-electron chi connectivity index (χ1n) is 8.59. The Bertz CT molecular complexity index is 940. The van der Waals surface area contributed by atoms with Gasteiger partial charge < -0.3 is 10.1 Å². The Morgan fingerprint density at radius 2 is 1.93 bits per heavy atom. The number of carbonyl (C=O) groups is 1. The van der Waals surface area contributed by atoms with Crippen LogP contribution in [0.1, 0.15) is 15.9 Å². The van der Waals surface area contributed by atoms with E-state index in [1.807, 2.05) is 13.0 Å². The number of nitrogens with zero attached hydrogens (tertiary/aromatic N) is 1. The lowest BCUT2D eigenvalue weighted by Crippen LogP contribution is -2.40. The van der Waals surface area contributed by atoms with Gasteiger partial charge in [0.2, 0.25) is 10.0 Å². The highest BCUT2D eigenvalue weighted by Gasteiger charge is 2.26. The summed E-state index contributed by atoms with van der Waals surface area (Å²) in [6.45, 7) is 3.34. The summed E-state index contributed by atoms with van der Waals surface area (Å²) in [5.74, 6) is -0.201. The molecular formula is C19H21ClN2O4S. The molecule has 1 heterocycles. The van der Waals surface area contributed by atoms with Crippen LogP contribution >= 0.6 is 11.6 Å². The zero-order valence-corrected chi connectivity index (χ0v) is 16.5. The quantitative estimate of drug-likeness (QED) is 0.743. The minimum atomic E-state index is -3.63. The first kappa shape index (κ1) is 19.8. The number of nitrogens with one attached hydrogen (secondary N) is 1. The Labute approximate surface area is 164 Å². The van der Waals surface area contributed by atoms with Crippen molar-refractivity contribution in [3.63, 3.8) is 0 Å². The predicted molar refractivity (Wildman–Crippen MR) is 105 cm³/mol. The van der Waals surface area contributed by atoms with Gasteiger partial charge in [-0.25, -0.2) is 8.42 Å². The van der Waals surface area contributed by atoms with Gasteiger partial charge >= 0.3 is 0 Å². The zero-order chi connectivity index (χ0) is 19.4. The summed E-state index contributed by atoms with van der Waals surface area (Å²) in [6.07, 6.45) is 0. The maximum Gasteiger partial charge on any atom is 0.243 e. The highest BCUT2D eigenvalue weighted by atomic mass is 35.5. The summed E-state index contributed by atoms with van der Waals surface area (Å²) < 4.78 is 32.1. The molecule has 0 atom stereocenters. The van der Waals surface area contributed by atoms with Crippen LogP contribution < -0.4 is 5.32 Å². The highest BCUT2D eigenvalue weighted by Crippen LogP contribution is 2.21. The largest absolute Gasteiger partial charge is 0.379 e. The fourth-order valence-electron chi connectivity index (χ4n) is 2.83. The smallest absolute Gasteiger partial charge is 0.243 e. The van der Waals surface area contributed by atoms with E-state index >= 15 is 0 Å². The van der Waals surface area contributed by atoms with Crippen LogP contribution in [0, 0.1) is 6.92 Å². The molecule has 0 aromatic heterocycles. The number of morpholine rings is 1. The molecule has 2 aromatic rings. The lowest BCUT2D eigenvalue weighted by molar-refractivity contribution is 0.0730. The molecule has 1 N–H and O–H groups in total. The molecule has 0 amide bonds. The van der Waals surface area contributed by atoms with Crippen molar-refractivity contribution in [1.82, 2.24) is 4.31 Å².